The molecule has 3 N–H and O–H groups in total. The lowest BCUT2D eigenvalue weighted by Gasteiger charge is -2.43. The van der Waals surface area contributed by atoms with Gasteiger partial charge in [-0.2, -0.15) is 0 Å². The topological polar surface area (TPSA) is 134 Å². The second-order valence-corrected chi connectivity index (χ2v) is 11.9. The van der Waals surface area contributed by atoms with Crippen LogP contribution in [0.4, 0.5) is 0 Å². The molecule has 39 heavy (non-hydrogen) atoms. The van der Waals surface area contributed by atoms with Gasteiger partial charge >= 0.3 is 5.97 Å². The molecule has 10 heteroatoms. The van der Waals surface area contributed by atoms with E-state index >= 15 is 0 Å². The first-order valence-corrected chi connectivity index (χ1v) is 13.5. The maximum Gasteiger partial charge on any atom is 0.331 e. The highest BCUT2D eigenvalue weighted by Crippen LogP contribution is 2.44. The number of amides is 2. The Hall–Kier alpha value is -4.02. The molecule has 2 aliphatic rings. The van der Waals surface area contributed by atoms with Crippen LogP contribution in [0.25, 0.3) is 0 Å². The Bertz CT molecular complexity index is 1310. The summed E-state index contributed by atoms with van der Waals surface area (Å²) in [6.07, 6.45) is -0.699. The van der Waals surface area contributed by atoms with Gasteiger partial charge in [0.1, 0.15) is 23.2 Å². The van der Waals surface area contributed by atoms with Crippen LogP contribution >= 0.6 is 0 Å². The van der Waals surface area contributed by atoms with Crippen LogP contribution in [-0.4, -0.2) is 61.2 Å². The fourth-order valence-corrected chi connectivity index (χ4v) is 6.84. The Balaban J connectivity index is 0.00000353. The number of ether oxygens (including phenoxy) is 2. The van der Waals surface area contributed by atoms with Gasteiger partial charge in [-0.15, -0.1) is 0 Å². The van der Waals surface area contributed by atoms with Crippen LogP contribution in [0.5, 0.6) is 5.75 Å². The van der Waals surface area contributed by atoms with Crippen LogP contribution in [-0.2, 0) is 29.9 Å². The summed E-state index contributed by atoms with van der Waals surface area (Å²) < 4.78 is 23.9. The lowest BCUT2D eigenvalue weighted by Crippen LogP contribution is -2.72. The normalized spacial score (nSPS) is 22.7. The quantitative estimate of drug-likeness (QED) is 0.337. The van der Waals surface area contributed by atoms with Crippen molar-refractivity contribution in [1.82, 2.24) is 10.2 Å². The van der Waals surface area contributed by atoms with Crippen LogP contribution < -0.4 is 10.1 Å². The average Bonchev–Trinajstić information content (AvgIpc) is 3.13. The predicted molar refractivity (Wildman–Crippen MR) is 145 cm³/mol. The molecule has 9 nitrogen and oxygen atoms in total. The van der Waals surface area contributed by atoms with Gasteiger partial charge in [-0.25, -0.2) is 4.79 Å². The van der Waals surface area contributed by atoms with Crippen molar-refractivity contribution in [3.63, 3.8) is 0 Å². The highest BCUT2D eigenvalue weighted by atomic mass is 32.2. The Morgan fingerprint density at radius 2 is 1.44 bits per heavy atom. The number of esters is 1. The van der Waals surface area contributed by atoms with Crippen LogP contribution in [0.1, 0.15) is 31.1 Å². The first-order valence-electron chi connectivity index (χ1n) is 12.3. The van der Waals surface area contributed by atoms with Gasteiger partial charge in [0.05, 0.1) is 15.5 Å². The van der Waals surface area contributed by atoms with E-state index in [4.69, 9.17) is 9.47 Å². The smallest absolute Gasteiger partial charge is 0.331 e. The summed E-state index contributed by atoms with van der Waals surface area (Å²) in [5.41, 5.74) is 1.55. The largest absolute Gasteiger partial charge is 0.484 e. The van der Waals surface area contributed by atoms with E-state index in [-0.39, 0.29) is 12.1 Å². The number of para-hydroxylation sites is 1. The van der Waals surface area contributed by atoms with Crippen molar-refractivity contribution in [3.8, 4) is 5.75 Å². The van der Waals surface area contributed by atoms with Gasteiger partial charge in [0.25, 0.3) is 5.91 Å². The standard InChI is InChI=1S/C29H28N2O6S.H2O/c1-29(2)25(28(34)37-24(19-12-6-3-7-13-19)20-14-8-4-9-15-20)31-26(33)23(27(31)38(29)35)30-22(32)18-36-21-16-10-5-11-17-21;/h3-17,23-25,27H,18H2,1-2H3,(H,30,32);1H2/t23-,25?,27-,38+;/m1./s1. The molecule has 2 saturated heterocycles. The summed E-state index contributed by atoms with van der Waals surface area (Å²) in [6.45, 7) is 3.06. The lowest BCUT2D eigenvalue weighted by atomic mass is 9.95. The van der Waals surface area contributed by atoms with Crippen molar-refractivity contribution in [2.45, 2.75) is 42.2 Å². The minimum absolute atomic E-state index is 0. The van der Waals surface area contributed by atoms with Gasteiger partial charge in [-0.05, 0) is 37.1 Å². The Morgan fingerprint density at radius 3 is 1.97 bits per heavy atom. The third-order valence-corrected chi connectivity index (χ3v) is 9.04. The minimum atomic E-state index is -1.63. The molecule has 4 atom stereocenters. The molecule has 3 aromatic rings. The summed E-state index contributed by atoms with van der Waals surface area (Å²) in [5, 5.41) is 1.80. The molecule has 0 radical (unpaired) electrons. The molecule has 2 fully saturated rings. The Kier molecular flexibility index (Phi) is 8.17. The third-order valence-electron chi connectivity index (χ3n) is 6.85. The lowest BCUT2D eigenvalue weighted by molar-refractivity contribution is -0.166. The van der Waals surface area contributed by atoms with Crippen molar-refractivity contribution in [3.05, 3.63) is 102 Å². The zero-order valence-electron chi connectivity index (χ0n) is 21.5. The number of carbonyl (C=O) groups excluding carboxylic acids is 3. The number of hydrogen-bond donors (Lipinski definition) is 1. The number of carbonyl (C=O) groups is 3. The minimum Gasteiger partial charge on any atom is -0.484 e. The van der Waals surface area contributed by atoms with E-state index in [2.05, 4.69) is 5.32 Å². The second-order valence-electron chi connectivity index (χ2n) is 9.72. The van der Waals surface area contributed by atoms with Gasteiger partial charge in [-0.3, -0.25) is 13.8 Å². The van der Waals surface area contributed by atoms with Gasteiger partial charge in [0.2, 0.25) is 5.91 Å². The highest BCUT2D eigenvalue weighted by molar-refractivity contribution is 7.87. The zero-order chi connectivity index (χ0) is 26.9. The molecule has 3 aromatic carbocycles. The second kappa shape index (κ2) is 11.4. The number of rotatable bonds is 8. The van der Waals surface area contributed by atoms with Crippen molar-refractivity contribution in [2.24, 2.45) is 0 Å². The molecule has 0 aliphatic carbocycles. The first-order chi connectivity index (χ1) is 18.3. The van der Waals surface area contributed by atoms with Crippen LogP contribution in [0, 0.1) is 0 Å². The van der Waals surface area contributed by atoms with Crippen LogP contribution in [0.15, 0.2) is 91.0 Å². The molecular weight excluding hydrogens is 520 g/mol. The van der Waals surface area contributed by atoms with E-state index in [1.165, 1.54) is 4.90 Å². The van der Waals surface area contributed by atoms with Gasteiger partial charge in [0, 0.05) is 0 Å². The first kappa shape index (κ1) is 28.0. The summed E-state index contributed by atoms with van der Waals surface area (Å²) in [6, 6.07) is 25.4. The van der Waals surface area contributed by atoms with E-state index < -0.39 is 56.9 Å². The molecule has 0 spiro atoms. The van der Waals surface area contributed by atoms with E-state index in [1.54, 1.807) is 38.1 Å². The summed E-state index contributed by atoms with van der Waals surface area (Å²) in [4.78, 5) is 40.6. The molecule has 0 bridgehead atoms. The number of β-lactam (4-membered cyclic amide) rings is 1. The van der Waals surface area contributed by atoms with E-state index in [0.717, 1.165) is 11.1 Å². The van der Waals surface area contributed by atoms with Crippen molar-refractivity contribution in [2.75, 3.05) is 6.61 Å². The fourth-order valence-electron chi connectivity index (χ4n) is 4.92. The Labute approximate surface area is 228 Å². The van der Waals surface area contributed by atoms with E-state index in [9.17, 15) is 18.6 Å². The van der Waals surface area contributed by atoms with Crippen molar-refractivity contribution < 1.29 is 33.5 Å². The van der Waals surface area contributed by atoms with Crippen LogP contribution in [0.3, 0.4) is 0 Å². The van der Waals surface area contributed by atoms with Gasteiger partial charge in [-0.1, -0.05) is 78.9 Å². The monoisotopic (exact) mass is 550 g/mol. The molecule has 2 aliphatic heterocycles. The summed E-state index contributed by atoms with van der Waals surface area (Å²) in [7, 11) is -1.63. The van der Waals surface area contributed by atoms with E-state index in [1.807, 2.05) is 66.7 Å². The molecular formula is C29H30N2O7S. The fraction of sp³-hybridized carbons (Fsp3) is 0.276. The summed E-state index contributed by atoms with van der Waals surface area (Å²) >= 11 is 0. The van der Waals surface area contributed by atoms with Crippen molar-refractivity contribution in [1.29, 1.82) is 0 Å². The SMILES string of the molecule is CC1(C)C(C(=O)OC(c2ccccc2)c2ccccc2)N2C(=O)[C@@H](NC(=O)COc3ccccc3)[C@H]2[S@@]1=O.O. The highest BCUT2D eigenvalue weighted by Gasteiger charge is 2.68. The summed E-state index contributed by atoms with van der Waals surface area (Å²) in [5.74, 6) is -1.11. The maximum atomic E-state index is 13.6. The van der Waals surface area contributed by atoms with Gasteiger partial charge in [0.15, 0.2) is 12.7 Å². The predicted octanol–water partition coefficient (Wildman–Crippen LogP) is 2.14. The van der Waals surface area contributed by atoms with Gasteiger partial charge < -0.3 is 25.2 Å². The number of nitrogens with one attached hydrogen (secondary N) is 1. The molecule has 204 valence electrons. The molecule has 1 unspecified atom stereocenters. The third kappa shape index (κ3) is 5.30. The number of hydrogen-bond acceptors (Lipinski definition) is 6. The zero-order valence-corrected chi connectivity index (χ0v) is 22.3. The number of nitrogens with zero attached hydrogens (tertiary/aromatic N) is 1. The van der Waals surface area contributed by atoms with Crippen LogP contribution in [0.2, 0.25) is 0 Å². The number of fused-ring (bicyclic) bond motifs is 1. The molecule has 5 rings (SSSR count). The Morgan fingerprint density at radius 1 is 0.923 bits per heavy atom. The molecule has 0 aromatic heterocycles. The average molecular weight is 551 g/mol. The molecule has 2 heterocycles. The maximum absolute atomic E-state index is 13.6. The van der Waals surface area contributed by atoms with E-state index in [0.29, 0.717) is 5.75 Å². The van der Waals surface area contributed by atoms with Crippen molar-refractivity contribution >= 4 is 28.6 Å². The number of benzene rings is 3. The molecule has 2 amide bonds. The molecule has 0 saturated carbocycles.